The molecule has 0 radical (unpaired) electrons. The van der Waals surface area contributed by atoms with Crippen LogP contribution in [0.5, 0.6) is 5.75 Å². The molecule has 4 aromatic rings. The number of hydrogen-bond acceptors (Lipinski definition) is 9. The van der Waals surface area contributed by atoms with Gasteiger partial charge in [0, 0.05) is 6.42 Å². The van der Waals surface area contributed by atoms with Crippen molar-refractivity contribution in [1.82, 2.24) is 15.2 Å². The number of amides is 1. The molecule has 1 amide bonds. The summed E-state index contributed by atoms with van der Waals surface area (Å²) in [4.78, 5) is 13.0. The third-order valence-corrected chi connectivity index (χ3v) is 5.77. The van der Waals surface area contributed by atoms with E-state index in [9.17, 15) is 4.79 Å². The summed E-state index contributed by atoms with van der Waals surface area (Å²) in [5.41, 5.74) is 1.79. The molecule has 1 atom stereocenters. The molecule has 1 aromatic carbocycles. The van der Waals surface area contributed by atoms with Crippen molar-refractivity contribution < 1.29 is 22.8 Å². The highest BCUT2D eigenvalue weighted by atomic mass is 32.2. The third-order valence-electron chi connectivity index (χ3n) is 4.96. The molecule has 168 valence electrons. The van der Waals surface area contributed by atoms with Gasteiger partial charge in [0.2, 0.25) is 0 Å². The summed E-state index contributed by atoms with van der Waals surface area (Å²) >= 11 is 1.15. The van der Waals surface area contributed by atoms with Crippen molar-refractivity contribution in [1.29, 1.82) is 0 Å². The van der Waals surface area contributed by atoms with Gasteiger partial charge in [-0.1, -0.05) is 23.9 Å². The zero-order chi connectivity index (χ0) is 22.6. The van der Waals surface area contributed by atoms with E-state index in [-0.39, 0.29) is 29.5 Å². The van der Waals surface area contributed by atoms with Gasteiger partial charge in [-0.05, 0) is 48.9 Å². The van der Waals surface area contributed by atoms with E-state index in [2.05, 4.69) is 15.3 Å². The van der Waals surface area contributed by atoms with E-state index >= 15 is 0 Å². The smallest absolute Gasteiger partial charge is 0.277 e. The molecule has 3 aromatic heterocycles. The molecule has 0 fully saturated rings. The van der Waals surface area contributed by atoms with Gasteiger partial charge in [0.1, 0.15) is 29.0 Å². The predicted molar refractivity (Wildman–Crippen MR) is 119 cm³/mol. The lowest BCUT2D eigenvalue weighted by molar-refractivity contribution is -0.130. The SMILES string of the molecule is Cc1cccc(OCc2nnc(SCC(=O)N3N=C(c4ccco4)C[C@@H]3c3ccco3)o2)c1. The number of hydrogen-bond donors (Lipinski definition) is 0. The summed E-state index contributed by atoms with van der Waals surface area (Å²) in [5, 5.41) is 14.2. The Morgan fingerprint density at radius 1 is 1.15 bits per heavy atom. The van der Waals surface area contributed by atoms with Gasteiger partial charge in [-0.3, -0.25) is 4.79 Å². The Morgan fingerprint density at radius 2 is 2.03 bits per heavy atom. The summed E-state index contributed by atoms with van der Waals surface area (Å²) in [6.07, 6.45) is 3.66. The number of benzene rings is 1. The van der Waals surface area contributed by atoms with Crippen LogP contribution in [0.25, 0.3) is 0 Å². The number of ether oxygens (including phenoxy) is 1. The van der Waals surface area contributed by atoms with Crippen LogP contribution in [-0.2, 0) is 11.4 Å². The number of aryl methyl sites for hydroxylation is 1. The van der Waals surface area contributed by atoms with Crippen molar-refractivity contribution in [3.63, 3.8) is 0 Å². The summed E-state index contributed by atoms with van der Waals surface area (Å²) in [6, 6.07) is 14.6. The fraction of sp³-hybridized carbons (Fsp3) is 0.217. The molecule has 0 spiro atoms. The fourth-order valence-electron chi connectivity index (χ4n) is 3.43. The van der Waals surface area contributed by atoms with Crippen LogP contribution >= 0.6 is 11.8 Å². The van der Waals surface area contributed by atoms with Crippen molar-refractivity contribution in [2.24, 2.45) is 5.10 Å². The van der Waals surface area contributed by atoms with Crippen LogP contribution in [-0.4, -0.2) is 32.6 Å². The number of carbonyl (C=O) groups excluding carboxylic acids is 1. The number of aromatic nitrogens is 2. The first kappa shape index (κ1) is 21.1. The maximum absolute atomic E-state index is 13.0. The molecule has 5 rings (SSSR count). The highest BCUT2D eigenvalue weighted by Gasteiger charge is 2.35. The molecular weight excluding hydrogens is 444 g/mol. The van der Waals surface area contributed by atoms with E-state index in [1.807, 2.05) is 43.3 Å². The molecule has 4 heterocycles. The Kier molecular flexibility index (Phi) is 5.99. The van der Waals surface area contributed by atoms with Crippen LogP contribution in [0.1, 0.15) is 35.4 Å². The second-order valence-corrected chi connectivity index (χ2v) is 8.28. The van der Waals surface area contributed by atoms with Gasteiger partial charge in [0.25, 0.3) is 17.0 Å². The lowest BCUT2D eigenvalue weighted by atomic mass is 10.1. The largest absolute Gasteiger partial charge is 0.484 e. The monoisotopic (exact) mass is 464 g/mol. The zero-order valence-electron chi connectivity index (χ0n) is 17.7. The van der Waals surface area contributed by atoms with Crippen molar-refractivity contribution in [2.45, 2.75) is 31.2 Å². The van der Waals surface area contributed by atoms with E-state index in [0.29, 0.717) is 29.5 Å². The van der Waals surface area contributed by atoms with Gasteiger partial charge in [-0.15, -0.1) is 10.2 Å². The molecule has 0 N–H and O–H groups in total. The highest BCUT2D eigenvalue weighted by molar-refractivity contribution is 7.99. The minimum Gasteiger partial charge on any atom is -0.484 e. The van der Waals surface area contributed by atoms with Crippen LogP contribution < -0.4 is 4.74 Å². The number of rotatable bonds is 8. The summed E-state index contributed by atoms with van der Waals surface area (Å²) in [7, 11) is 0. The molecule has 33 heavy (non-hydrogen) atoms. The molecule has 1 aliphatic rings. The zero-order valence-corrected chi connectivity index (χ0v) is 18.5. The van der Waals surface area contributed by atoms with E-state index in [1.165, 1.54) is 5.01 Å². The first-order chi connectivity index (χ1) is 16.2. The van der Waals surface area contributed by atoms with Crippen LogP contribution in [0.4, 0.5) is 0 Å². The van der Waals surface area contributed by atoms with E-state index < -0.39 is 0 Å². The molecule has 0 saturated carbocycles. The fourth-order valence-corrected chi connectivity index (χ4v) is 4.06. The molecular formula is C23H20N4O5S. The van der Waals surface area contributed by atoms with Crippen LogP contribution in [0.2, 0.25) is 0 Å². The Hall–Kier alpha value is -3.79. The topological polar surface area (TPSA) is 107 Å². The first-order valence-electron chi connectivity index (χ1n) is 10.3. The normalized spacial score (nSPS) is 15.6. The Bertz CT molecular complexity index is 1250. The van der Waals surface area contributed by atoms with Crippen molar-refractivity contribution >= 4 is 23.4 Å². The molecule has 9 nitrogen and oxygen atoms in total. The van der Waals surface area contributed by atoms with Crippen molar-refractivity contribution in [3.8, 4) is 5.75 Å². The van der Waals surface area contributed by atoms with Gasteiger partial charge in [-0.2, -0.15) is 5.10 Å². The quantitative estimate of drug-likeness (QED) is 0.348. The van der Waals surface area contributed by atoms with E-state index in [4.69, 9.17) is 18.0 Å². The molecule has 1 aliphatic heterocycles. The van der Waals surface area contributed by atoms with Crippen LogP contribution in [0.15, 0.2) is 84.6 Å². The van der Waals surface area contributed by atoms with Crippen LogP contribution in [0, 0.1) is 6.92 Å². The predicted octanol–water partition coefficient (Wildman–Crippen LogP) is 4.61. The third kappa shape index (κ3) is 4.85. The second kappa shape index (κ2) is 9.37. The number of nitrogens with zero attached hydrogens (tertiary/aromatic N) is 4. The molecule has 0 aliphatic carbocycles. The van der Waals surface area contributed by atoms with Gasteiger partial charge in [-0.25, -0.2) is 5.01 Å². The first-order valence-corrected chi connectivity index (χ1v) is 11.3. The lowest BCUT2D eigenvalue weighted by Gasteiger charge is -2.19. The number of thioether (sulfide) groups is 1. The maximum Gasteiger partial charge on any atom is 0.277 e. The Morgan fingerprint density at radius 3 is 2.82 bits per heavy atom. The van der Waals surface area contributed by atoms with E-state index in [0.717, 1.165) is 23.1 Å². The Balaban J connectivity index is 1.21. The minimum absolute atomic E-state index is 0.0759. The molecule has 10 heteroatoms. The van der Waals surface area contributed by atoms with Gasteiger partial charge < -0.3 is 18.0 Å². The number of hydrazone groups is 1. The minimum atomic E-state index is -0.339. The van der Waals surface area contributed by atoms with Gasteiger partial charge >= 0.3 is 0 Å². The average Bonchev–Trinajstić information content (AvgIpc) is 3.62. The summed E-state index contributed by atoms with van der Waals surface area (Å²) in [5.74, 6) is 2.21. The number of carbonyl (C=O) groups is 1. The van der Waals surface area contributed by atoms with Gasteiger partial charge in [0.05, 0.1) is 18.3 Å². The highest BCUT2D eigenvalue weighted by Crippen LogP contribution is 2.34. The van der Waals surface area contributed by atoms with E-state index in [1.54, 1.807) is 24.7 Å². The second-order valence-electron chi connectivity index (χ2n) is 7.35. The lowest BCUT2D eigenvalue weighted by Crippen LogP contribution is -2.28. The van der Waals surface area contributed by atoms with Crippen molar-refractivity contribution in [3.05, 3.63) is 84.0 Å². The standard InChI is InChI=1S/C23H20N4O5S/c1-15-5-2-6-16(11-15)31-13-21-24-25-23(32-21)33-14-22(28)27-18(20-8-4-10-30-20)12-17(26-27)19-7-3-9-29-19/h2-11,18H,12-14H2,1H3/t18-/m1/s1. The van der Waals surface area contributed by atoms with Crippen LogP contribution in [0.3, 0.4) is 0 Å². The van der Waals surface area contributed by atoms with Gasteiger partial charge in [0.15, 0.2) is 6.61 Å². The average molecular weight is 465 g/mol. The maximum atomic E-state index is 13.0. The Labute approximate surface area is 193 Å². The molecule has 0 unspecified atom stereocenters. The van der Waals surface area contributed by atoms with Crippen molar-refractivity contribution in [2.75, 3.05) is 5.75 Å². The molecule has 0 bridgehead atoms. The summed E-state index contributed by atoms with van der Waals surface area (Å²) < 4.78 is 22.3. The summed E-state index contributed by atoms with van der Waals surface area (Å²) in [6.45, 7) is 2.14. The molecule has 0 saturated heterocycles. The number of furan rings is 2.